The molecule has 0 unspecified atom stereocenters. The molecule has 0 saturated heterocycles. The van der Waals surface area contributed by atoms with E-state index in [2.05, 4.69) is 52.5 Å². The molecule has 0 spiro atoms. The Morgan fingerprint density at radius 1 is 0.960 bits per heavy atom. The molecule has 0 atom stereocenters. The first-order chi connectivity index (χ1) is 11.6. The van der Waals surface area contributed by atoms with Crippen molar-refractivity contribution in [1.29, 1.82) is 0 Å². The molecule has 3 rings (SSSR count). The molecule has 1 aliphatic heterocycles. The number of hydrogen-bond donors (Lipinski definition) is 1. The lowest BCUT2D eigenvalue weighted by Crippen LogP contribution is -2.39. The second kappa shape index (κ2) is 5.85. The number of benzene rings is 2. The quantitative estimate of drug-likeness (QED) is 0.859. The largest absolute Gasteiger partial charge is 0.478 e. The van der Waals surface area contributed by atoms with Gasteiger partial charge in [-0.3, -0.25) is 0 Å². The van der Waals surface area contributed by atoms with E-state index in [0.717, 1.165) is 16.7 Å². The van der Waals surface area contributed by atoms with Crippen molar-refractivity contribution in [3.63, 3.8) is 0 Å². The molecule has 0 saturated carbocycles. The topological polar surface area (TPSA) is 46.5 Å². The van der Waals surface area contributed by atoms with Crippen LogP contribution in [0.4, 0.5) is 0 Å². The summed E-state index contributed by atoms with van der Waals surface area (Å²) < 4.78 is 6.05. The van der Waals surface area contributed by atoms with E-state index in [-0.39, 0.29) is 16.6 Å². The van der Waals surface area contributed by atoms with Crippen molar-refractivity contribution in [1.82, 2.24) is 0 Å². The van der Waals surface area contributed by atoms with Crippen LogP contribution in [0.2, 0.25) is 0 Å². The fourth-order valence-corrected chi connectivity index (χ4v) is 3.31. The normalized spacial score (nSPS) is 17.6. The standard InChI is InChI=1S/C22H24O3/c1-14(15-6-8-16(9-7-15)20(23)24)17-10-11-18-19(12-17)21(2,3)13-25-22(18,4)5/h6-12H,1,13H2,2-5H3,(H,23,24). The van der Waals surface area contributed by atoms with Gasteiger partial charge in [-0.05, 0) is 53.8 Å². The minimum Gasteiger partial charge on any atom is -0.478 e. The number of carboxylic acids is 1. The van der Waals surface area contributed by atoms with Crippen LogP contribution in [-0.2, 0) is 15.8 Å². The third-order valence-electron chi connectivity index (χ3n) is 5.02. The summed E-state index contributed by atoms with van der Waals surface area (Å²) in [7, 11) is 0. The van der Waals surface area contributed by atoms with Crippen molar-refractivity contribution >= 4 is 11.5 Å². The molecular formula is C22H24O3. The van der Waals surface area contributed by atoms with Gasteiger partial charge in [0.2, 0.25) is 0 Å². The maximum Gasteiger partial charge on any atom is 0.335 e. The van der Waals surface area contributed by atoms with Gasteiger partial charge >= 0.3 is 5.97 Å². The molecule has 3 nitrogen and oxygen atoms in total. The molecule has 2 aromatic carbocycles. The first-order valence-electron chi connectivity index (χ1n) is 8.44. The van der Waals surface area contributed by atoms with Crippen LogP contribution in [0.25, 0.3) is 5.57 Å². The van der Waals surface area contributed by atoms with Gasteiger partial charge in [0.15, 0.2) is 0 Å². The number of ether oxygens (including phenoxy) is 1. The van der Waals surface area contributed by atoms with Crippen LogP contribution in [0, 0.1) is 0 Å². The summed E-state index contributed by atoms with van der Waals surface area (Å²) in [5, 5.41) is 9.04. The molecule has 3 heteroatoms. The lowest BCUT2D eigenvalue weighted by atomic mass is 9.74. The Balaban J connectivity index is 2.01. The molecule has 0 amide bonds. The van der Waals surface area contributed by atoms with Gasteiger partial charge in [-0.15, -0.1) is 0 Å². The molecule has 25 heavy (non-hydrogen) atoms. The number of hydrogen-bond acceptors (Lipinski definition) is 2. The molecule has 0 bridgehead atoms. The second-order valence-electron chi connectivity index (χ2n) is 7.80. The number of rotatable bonds is 3. The van der Waals surface area contributed by atoms with Crippen LogP contribution in [0.15, 0.2) is 49.0 Å². The van der Waals surface area contributed by atoms with Gasteiger partial charge < -0.3 is 9.84 Å². The number of carbonyl (C=O) groups is 1. The Kier molecular flexibility index (Phi) is 4.08. The molecule has 1 aliphatic rings. The summed E-state index contributed by atoms with van der Waals surface area (Å²) in [6.07, 6.45) is 0. The second-order valence-corrected chi connectivity index (χ2v) is 7.80. The summed E-state index contributed by atoms with van der Waals surface area (Å²) in [5.41, 5.74) is 5.27. The molecule has 1 heterocycles. The van der Waals surface area contributed by atoms with Gasteiger partial charge in [0.05, 0.1) is 17.8 Å². The Hall–Kier alpha value is -2.39. The maximum atomic E-state index is 11.0. The summed E-state index contributed by atoms with van der Waals surface area (Å²) in [4.78, 5) is 11.0. The third-order valence-corrected chi connectivity index (χ3v) is 5.02. The lowest BCUT2D eigenvalue weighted by molar-refractivity contribution is -0.0587. The fraction of sp³-hybridized carbons (Fsp3) is 0.318. The summed E-state index contributed by atoms with van der Waals surface area (Å²) in [5.74, 6) is -0.921. The van der Waals surface area contributed by atoms with E-state index in [4.69, 9.17) is 9.84 Å². The zero-order valence-electron chi connectivity index (χ0n) is 15.2. The number of fused-ring (bicyclic) bond motifs is 1. The van der Waals surface area contributed by atoms with Gasteiger partial charge in [0.25, 0.3) is 0 Å². The molecule has 0 radical (unpaired) electrons. The molecule has 0 aliphatic carbocycles. The fourth-order valence-electron chi connectivity index (χ4n) is 3.31. The van der Waals surface area contributed by atoms with E-state index in [0.29, 0.717) is 6.61 Å². The Morgan fingerprint density at radius 3 is 2.12 bits per heavy atom. The summed E-state index contributed by atoms with van der Waals surface area (Å²) in [6, 6.07) is 13.2. The van der Waals surface area contributed by atoms with E-state index >= 15 is 0 Å². The SMILES string of the molecule is C=C(c1ccc(C(=O)O)cc1)c1ccc2c(c1)C(C)(C)COC2(C)C. The maximum absolute atomic E-state index is 11.0. The van der Waals surface area contributed by atoms with Gasteiger partial charge in [-0.2, -0.15) is 0 Å². The highest BCUT2D eigenvalue weighted by atomic mass is 16.5. The first kappa shape index (κ1) is 17.4. The lowest BCUT2D eigenvalue weighted by Gasteiger charge is -2.42. The van der Waals surface area contributed by atoms with Crippen LogP contribution < -0.4 is 0 Å². The minimum atomic E-state index is -0.921. The predicted octanol–water partition coefficient (Wildman–Crippen LogP) is 4.99. The van der Waals surface area contributed by atoms with Crippen molar-refractivity contribution in [2.45, 2.75) is 38.7 Å². The molecule has 2 aromatic rings. The van der Waals surface area contributed by atoms with Crippen LogP contribution in [0.5, 0.6) is 0 Å². The predicted molar refractivity (Wildman–Crippen MR) is 100.0 cm³/mol. The van der Waals surface area contributed by atoms with E-state index in [1.54, 1.807) is 12.1 Å². The smallest absolute Gasteiger partial charge is 0.335 e. The average Bonchev–Trinajstić information content (AvgIpc) is 2.58. The molecule has 130 valence electrons. The van der Waals surface area contributed by atoms with E-state index < -0.39 is 5.97 Å². The van der Waals surface area contributed by atoms with Crippen molar-refractivity contribution in [2.24, 2.45) is 0 Å². The van der Waals surface area contributed by atoms with Gasteiger partial charge in [0.1, 0.15) is 0 Å². The van der Waals surface area contributed by atoms with Gasteiger partial charge in [0, 0.05) is 5.41 Å². The van der Waals surface area contributed by atoms with Crippen molar-refractivity contribution < 1.29 is 14.6 Å². The van der Waals surface area contributed by atoms with E-state index in [1.165, 1.54) is 11.1 Å². The van der Waals surface area contributed by atoms with Crippen LogP contribution in [0.3, 0.4) is 0 Å². The van der Waals surface area contributed by atoms with Gasteiger partial charge in [-0.25, -0.2) is 4.79 Å². The molecule has 0 aromatic heterocycles. The Bertz CT molecular complexity index is 842. The highest BCUT2D eigenvalue weighted by molar-refractivity contribution is 5.88. The summed E-state index contributed by atoms with van der Waals surface area (Å²) >= 11 is 0. The zero-order chi connectivity index (χ0) is 18.4. The van der Waals surface area contributed by atoms with E-state index in [9.17, 15) is 4.79 Å². The highest BCUT2D eigenvalue weighted by Crippen LogP contribution is 2.42. The van der Waals surface area contributed by atoms with Crippen molar-refractivity contribution in [3.8, 4) is 0 Å². The summed E-state index contributed by atoms with van der Waals surface area (Å²) in [6.45, 7) is 13.5. The zero-order valence-corrected chi connectivity index (χ0v) is 15.2. The third kappa shape index (κ3) is 3.12. The monoisotopic (exact) mass is 336 g/mol. The Labute approximate surface area is 149 Å². The molecule has 0 fully saturated rings. The minimum absolute atomic E-state index is 0.0612. The van der Waals surface area contributed by atoms with E-state index in [1.807, 2.05) is 12.1 Å². The number of aromatic carboxylic acids is 1. The average molecular weight is 336 g/mol. The van der Waals surface area contributed by atoms with Gasteiger partial charge in [-0.1, -0.05) is 50.8 Å². The first-order valence-corrected chi connectivity index (χ1v) is 8.44. The van der Waals surface area contributed by atoms with Crippen LogP contribution >= 0.6 is 0 Å². The van der Waals surface area contributed by atoms with Crippen molar-refractivity contribution in [2.75, 3.05) is 6.61 Å². The molecule has 1 N–H and O–H groups in total. The van der Waals surface area contributed by atoms with Crippen molar-refractivity contribution in [3.05, 3.63) is 76.9 Å². The van der Waals surface area contributed by atoms with Crippen LogP contribution in [-0.4, -0.2) is 17.7 Å². The van der Waals surface area contributed by atoms with Crippen LogP contribution in [0.1, 0.15) is 60.3 Å². The highest BCUT2D eigenvalue weighted by Gasteiger charge is 2.38. The number of carboxylic acid groups (broad SMARTS) is 1. The molecular weight excluding hydrogens is 312 g/mol. The Morgan fingerprint density at radius 2 is 1.52 bits per heavy atom.